The van der Waals surface area contributed by atoms with Crippen molar-refractivity contribution in [3.63, 3.8) is 0 Å². The molecule has 0 saturated heterocycles. The average Bonchev–Trinajstić information content (AvgIpc) is 2.43. The lowest BCUT2D eigenvalue weighted by Gasteiger charge is -2.10. The molecule has 0 aliphatic carbocycles. The van der Waals surface area contributed by atoms with Crippen LogP contribution in [0.25, 0.3) is 0 Å². The van der Waals surface area contributed by atoms with Crippen LogP contribution in [0.1, 0.15) is 22.3 Å². The van der Waals surface area contributed by atoms with Gasteiger partial charge in [0, 0.05) is 38.9 Å². The summed E-state index contributed by atoms with van der Waals surface area (Å²) in [6.45, 7) is 0.133. The number of carbonyl (C=O) groups is 2. The van der Waals surface area contributed by atoms with E-state index < -0.39 is 9.84 Å². The number of hydrogen-bond donors (Lipinski definition) is 1. The molecule has 0 aliphatic rings. The van der Waals surface area contributed by atoms with E-state index in [1.807, 2.05) is 12.1 Å². The second-order valence-electron chi connectivity index (χ2n) is 5.38. The predicted molar refractivity (Wildman–Crippen MR) is 85.5 cm³/mol. The molecule has 0 radical (unpaired) electrons. The van der Waals surface area contributed by atoms with Gasteiger partial charge in [-0.05, 0) is 24.1 Å². The molecule has 1 aromatic rings. The summed E-state index contributed by atoms with van der Waals surface area (Å²) < 4.78 is 21.9. The topological polar surface area (TPSA) is 83.6 Å². The van der Waals surface area contributed by atoms with Crippen LogP contribution in [0.3, 0.4) is 0 Å². The summed E-state index contributed by atoms with van der Waals surface area (Å²) in [6, 6.07) is 7.11. The predicted octanol–water partition coefficient (Wildman–Crippen LogP) is 0.482. The third-order valence-corrected chi connectivity index (χ3v) is 3.99. The minimum absolute atomic E-state index is 0.0555. The Kier molecular flexibility index (Phi) is 6.55. The zero-order chi connectivity index (χ0) is 16.8. The lowest BCUT2D eigenvalue weighted by molar-refractivity contribution is -0.120. The molecule has 2 amide bonds. The SMILES string of the molecule is CN(C)C(=O)c1ccc(CCC(=O)NCCS(C)(=O)=O)cc1. The van der Waals surface area contributed by atoms with E-state index in [1.54, 1.807) is 26.2 Å². The minimum Gasteiger partial charge on any atom is -0.355 e. The van der Waals surface area contributed by atoms with Crippen molar-refractivity contribution in [1.29, 1.82) is 0 Å². The zero-order valence-electron chi connectivity index (χ0n) is 13.1. The van der Waals surface area contributed by atoms with E-state index >= 15 is 0 Å². The summed E-state index contributed by atoms with van der Waals surface area (Å²) in [5.41, 5.74) is 1.56. The van der Waals surface area contributed by atoms with Gasteiger partial charge in [0.1, 0.15) is 9.84 Å². The fourth-order valence-electron chi connectivity index (χ4n) is 1.79. The van der Waals surface area contributed by atoms with Crippen molar-refractivity contribution in [2.75, 3.05) is 32.6 Å². The molecule has 22 heavy (non-hydrogen) atoms. The molecule has 0 atom stereocenters. The van der Waals surface area contributed by atoms with Crippen LogP contribution in [0, 0.1) is 0 Å². The smallest absolute Gasteiger partial charge is 0.253 e. The molecule has 122 valence electrons. The van der Waals surface area contributed by atoms with Crippen molar-refractivity contribution in [3.8, 4) is 0 Å². The molecule has 0 saturated carbocycles. The number of aryl methyl sites for hydroxylation is 1. The van der Waals surface area contributed by atoms with Gasteiger partial charge in [0.05, 0.1) is 5.75 Å². The summed E-state index contributed by atoms with van der Waals surface area (Å²) >= 11 is 0. The number of rotatable bonds is 7. The van der Waals surface area contributed by atoms with Gasteiger partial charge in [-0.2, -0.15) is 0 Å². The highest BCUT2D eigenvalue weighted by atomic mass is 32.2. The number of nitrogens with zero attached hydrogens (tertiary/aromatic N) is 1. The number of nitrogens with one attached hydrogen (secondary N) is 1. The summed E-state index contributed by atoms with van der Waals surface area (Å²) in [5, 5.41) is 2.58. The number of carbonyl (C=O) groups excluding carboxylic acids is 2. The second kappa shape index (κ2) is 7.93. The van der Waals surface area contributed by atoms with Crippen molar-refractivity contribution in [3.05, 3.63) is 35.4 Å². The van der Waals surface area contributed by atoms with Crippen molar-refractivity contribution in [2.45, 2.75) is 12.8 Å². The van der Waals surface area contributed by atoms with Gasteiger partial charge in [-0.1, -0.05) is 12.1 Å². The van der Waals surface area contributed by atoms with Crippen LogP contribution in [0.4, 0.5) is 0 Å². The maximum Gasteiger partial charge on any atom is 0.253 e. The Labute approximate surface area is 131 Å². The fourth-order valence-corrected chi connectivity index (χ4v) is 2.27. The van der Waals surface area contributed by atoms with Crippen LogP contribution in [-0.2, 0) is 21.1 Å². The zero-order valence-corrected chi connectivity index (χ0v) is 13.9. The van der Waals surface area contributed by atoms with Gasteiger partial charge in [0.15, 0.2) is 0 Å². The molecule has 0 spiro atoms. The second-order valence-corrected chi connectivity index (χ2v) is 7.64. The molecule has 0 heterocycles. The molecule has 7 heteroatoms. The van der Waals surface area contributed by atoms with Crippen LogP contribution in [-0.4, -0.2) is 57.8 Å². The van der Waals surface area contributed by atoms with E-state index in [2.05, 4.69) is 5.32 Å². The van der Waals surface area contributed by atoms with Crippen molar-refractivity contribution in [1.82, 2.24) is 10.2 Å². The lowest BCUT2D eigenvalue weighted by Crippen LogP contribution is -2.28. The summed E-state index contributed by atoms with van der Waals surface area (Å²) in [6.07, 6.45) is 1.96. The quantitative estimate of drug-likeness (QED) is 0.790. The van der Waals surface area contributed by atoms with E-state index in [-0.39, 0.29) is 30.5 Å². The summed E-state index contributed by atoms with van der Waals surface area (Å²) in [7, 11) is 0.326. The highest BCUT2D eigenvalue weighted by Gasteiger charge is 2.08. The Morgan fingerprint density at radius 1 is 1.14 bits per heavy atom. The Morgan fingerprint density at radius 3 is 2.23 bits per heavy atom. The molecule has 6 nitrogen and oxygen atoms in total. The Hall–Kier alpha value is -1.89. The highest BCUT2D eigenvalue weighted by molar-refractivity contribution is 7.90. The first-order valence-electron chi connectivity index (χ1n) is 6.94. The highest BCUT2D eigenvalue weighted by Crippen LogP contribution is 2.08. The van der Waals surface area contributed by atoms with Crippen molar-refractivity contribution in [2.24, 2.45) is 0 Å². The van der Waals surface area contributed by atoms with Gasteiger partial charge in [0.2, 0.25) is 5.91 Å². The van der Waals surface area contributed by atoms with E-state index in [0.717, 1.165) is 11.8 Å². The number of sulfone groups is 1. The summed E-state index contributed by atoms with van der Waals surface area (Å²) in [4.78, 5) is 24.8. The monoisotopic (exact) mass is 326 g/mol. The van der Waals surface area contributed by atoms with Crippen LogP contribution in [0.5, 0.6) is 0 Å². The Bertz CT molecular complexity index is 621. The maximum atomic E-state index is 11.7. The third-order valence-electron chi connectivity index (χ3n) is 3.04. The van der Waals surface area contributed by atoms with Crippen LogP contribution in [0.15, 0.2) is 24.3 Å². The van der Waals surface area contributed by atoms with Gasteiger partial charge in [0.25, 0.3) is 5.91 Å². The largest absolute Gasteiger partial charge is 0.355 e. The molecule has 1 N–H and O–H groups in total. The Morgan fingerprint density at radius 2 is 1.73 bits per heavy atom. The fraction of sp³-hybridized carbons (Fsp3) is 0.467. The molecular formula is C15H22N2O4S. The number of amides is 2. The van der Waals surface area contributed by atoms with Gasteiger partial charge in [-0.3, -0.25) is 9.59 Å². The van der Waals surface area contributed by atoms with Crippen LogP contribution >= 0.6 is 0 Å². The van der Waals surface area contributed by atoms with Gasteiger partial charge < -0.3 is 10.2 Å². The van der Waals surface area contributed by atoms with Crippen LogP contribution in [0.2, 0.25) is 0 Å². The average molecular weight is 326 g/mol. The molecule has 0 aliphatic heterocycles. The first kappa shape index (κ1) is 18.2. The van der Waals surface area contributed by atoms with E-state index in [1.165, 1.54) is 4.90 Å². The first-order chi connectivity index (χ1) is 10.2. The number of hydrogen-bond acceptors (Lipinski definition) is 4. The molecule has 0 unspecified atom stereocenters. The normalized spacial score (nSPS) is 11.0. The van der Waals surface area contributed by atoms with E-state index in [4.69, 9.17) is 0 Å². The molecule has 1 rings (SSSR count). The van der Waals surface area contributed by atoms with Gasteiger partial charge in [-0.25, -0.2) is 8.42 Å². The Balaban J connectivity index is 2.42. The van der Waals surface area contributed by atoms with Gasteiger partial charge in [-0.15, -0.1) is 0 Å². The minimum atomic E-state index is -3.06. The first-order valence-corrected chi connectivity index (χ1v) is 9.00. The molecule has 0 bridgehead atoms. The third kappa shape index (κ3) is 6.71. The number of benzene rings is 1. The molecule has 0 aromatic heterocycles. The van der Waals surface area contributed by atoms with E-state index in [9.17, 15) is 18.0 Å². The molecule has 0 fully saturated rings. The lowest BCUT2D eigenvalue weighted by atomic mass is 10.1. The van der Waals surface area contributed by atoms with Crippen molar-refractivity contribution < 1.29 is 18.0 Å². The molecule has 1 aromatic carbocycles. The van der Waals surface area contributed by atoms with Crippen LogP contribution < -0.4 is 5.32 Å². The van der Waals surface area contributed by atoms with E-state index in [0.29, 0.717) is 12.0 Å². The molecular weight excluding hydrogens is 304 g/mol. The van der Waals surface area contributed by atoms with Gasteiger partial charge >= 0.3 is 0 Å². The summed E-state index contributed by atoms with van der Waals surface area (Å²) in [5.74, 6) is -0.303. The van der Waals surface area contributed by atoms with Crippen molar-refractivity contribution >= 4 is 21.7 Å². The maximum absolute atomic E-state index is 11.7. The standard InChI is InChI=1S/C15H22N2O4S/c1-17(2)15(19)13-7-4-12(5-8-13)6-9-14(18)16-10-11-22(3,20)21/h4-5,7-8H,6,9-11H2,1-3H3,(H,16,18).